The Morgan fingerprint density at radius 2 is 1.94 bits per heavy atom. The highest BCUT2D eigenvalue weighted by molar-refractivity contribution is 8.72. The number of hydrogen-bond acceptors (Lipinski definition) is 5. The minimum Gasteiger partial charge on any atom is -0.253 e. The summed E-state index contributed by atoms with van der Waals surface area (Å²) in [4.78, 5) is 4.03. The summed E-state index contributed by atoms with van der Waals surface area (Å²) in [7, 11) is -2.76. The van der Waals surface area contributed by atoms with Crippen LogP contribution in [0.15, 0.2) is 40.6 Å². The molecule has 1 N–H and O–H groups in total. The van der Waals surface area contributed by atoms with Gasteiger partial charge in [0.25, 0.3) is 0 Å². The molecule has 0 fully saturated rings. The Balaban J connectivity index is 2.29. The van der Waals surface area contributed by atoms with Crippen LogP contribution in [0.4, 0.5) is 0 Å². The molecule has 1 aromatic carbocycles. The SMILES string of the molecule is Cc1ccc(S(=O)(=O)Sc2ncn[nH]2)cc1. The number of benzene rings is 1. The quantitative estimate of drug-likeness (QED) is 0.843. The third-order valence-electron chi connectivity index (χ3n) is 1.89. The summed E-state index contributed by atoms with van der Waals surface area (Å²) >= 11 is 0. The summed E-state index contributed by atoms with van der Waals surface area (Å²) < 4.78 is 23.8. The molecule has 0 unspecified atom stereocenters. The van der Waals surface area contributed by atoms with Crippen LogP contribution >= 0.6 is 10.8 Å². The maximum Gasteiger partial charge on any atom is 0.237 e. The topological polar surface area (TPSA) is 75.7 Å². The second-order valence-corrected chi connectivity index (χ2v) is 6.89. The van der Waals surface area contributed by atoms with Crippen molar-refractivity contribution in [2.45, 2.75) is 17.0 Å². The smallest absolute Gasteiger partial charge is 0.237 e. The average Bonchev–Trinajstić information content (AvgIpc) is 2.70. The second kappa shape index (κ2) is 4.26. The van der Waals surface area contributed by atoms with Gasteiger partial charge in [0.05, 0.1) is 4.90 Å². The minimum atomic E-state index is -3.42. The molecule has 0 saturated heterocycles. The molecular weight excluding hydrogens is 246 g/mol. The van der Waals surface area contributed by atoms with Gasteiger partial charge in [0.2, 0.25) is 8.87 Å². The van der Waals surface area contributed by atoms with Crippen molar-refractivity contribution in [1.82, 2.24) is 15.2 Å². The number of hydrogen-bond donors (Lipinski definition) is 1. The second-order valence-electron chi connectivity index (χ2n) is 3.14. The van der Waals surface area contributed by atoms with Crippen molar-refractivity contribution >= 4 is 19.7 Å². The zero-order chi connectivity index (χ0) is 11.6. The molecule has 0 aliphatic carbocycles. The summed E-state index contributed by atoms with van der Waals surface area (Å²) in [6, 6.07) is 6.67. The first-order chi connectivity index (χ1) is 7.58. The lowest BCUT2D eigenvalue weighted by Gasteiger charge is -2.01. The molecule has 0 saturated carbocycles. The van der Waals surface area contributed by atoms with Gasteiger partial charge in [-0.15, -0.1) is 0 Å². The van der Waals surface area contributed by atoms with Crippen molar-refractivity contribution in [1.29, 1.82) is 0 Å². The first-order valence-corrected chi connectivity index (χ1v) is 7.26. The van der Waals surface area contributed by atoms with Crippen LogP contribution in [0.1, 0.15) is 5.56 Å². The van der Waals surface area contributed by atoms with Crippen LogP contribution in [-0.2, 0) is 8.87 Å². The molecule has 0 radical (unpaired) electrons. The van der Waals surface area contributed by atoms with E-state index < -0.39 is 8.87 Å². The maximum absolute atomic E-state index is 11.9. The Labute approximate surface area is 96.6 Å². The van der Waals surface area contributed by atoms with Crippen LogP contribution in [0.2, 0.25) is 0 Å². The van der Waals surface area contributed by atoms with E-state index in [0.29, 0.717) is 10.8 Å². The van der Waals surface area contributed by atoms with E-state index in [9.17, 15) is 8.42 Å². The van der Waals surface area contributed by atoms with Gasteiger partial charge in [-0.1, -0.05) is 17.7 Å². The number of aromatic nitrogens is 3. The first-order valence-electron chi connectivity index (χ1n) is 4.44. The number of H-pyrrole nitrogens is 1. The molecule has 2 aromatic rings. The van der Waals surface area contributed by atoms with Crippen molar-refractivity contribution in [3.63, 3.8) is 0 Å². The molecule has 0 spiro atoms. The van der Waals surface area contributed by atoms with E-state index >= 15 is 0 Å². The molecule has 0 aliphatic rings. The van der Waals surface area contributed by atoms with Gasteiger partial charge in [0.15, 0.2) is 5.16 Å². The Kier molecular flexibility index (Phi) is 2.97. The summed E-state index contributed by atoms with van der Waals surface area (Å²) in [5.74, 6) is 0. The Morgan fingerprint density at radius 1 is 1.25 bits per heavy atom. The molecule has 0 bridgehead atoms. The molecule has 5 nitrogen and oxygen atoms in total. The standard InChI is InChI=1S/C9H9N3O2S2/c1-7-2-4-8(5-3-7)16(13,14)15-9-10-6-11-12-9/h2-6H,1H3,(H,10,11,12). The largest absolute Gasteiger partial charge is 0.253 e. The third kappa shape index (κ3) is 2.42. The number of nitrogens with one attached hydrogen (secondary N) is 1. The van der Waals surface area contributed by atoms with E-state index in [1.54, 1.807) is 24.3 Å². The predicted molar refractivity (Wildman–Crippen MR) is 60.6 cm³/mol. The number of nitrogens with zero attached hydrogens (tertiary/aromatic N) is 2. The van der Waals surface area contributed by atoms with Crippen molar-refractivity contribution in [3.8, 4) is 0 Å². The molecule has 0 aliphatic heterocycles. The summed E-state index contributed by atoms with van der Waals surface area (Å²) in [6.07, 6.45) is 1.27. The van der Waals surface area contributed by atoms with Gasteiger partial charge in [-0.25, -0.2) is 13.4 Å². The minimum absolute atomic E-state index is 0.263. The van der Waals surface area contributed by atoms with Gasteiger partial charge in [0.1, 0.15) is 6.33 Å². The van der Waals surface area contributed by atoms with Crippen molar-refractivity contribution in [2.24, 2.45) is 0 Å². The molecule has 0 amide bonds. The summed E-state index contributed by atoms with van der Waals surface area (Å²) in [5.41, 5.74) is 1.02. The van der Waals surface area contributed by atoms with Gasteiger partial charge in [-0.3, -0.25) is 5.10 Å². The van der Waals surface area contributed by atoms with Crippen molar-refractivity contribution < 1.29 is 8.42 Å². The molecule has 1 aromatic heterocycles. The Bertz CT molecular complexity index is 561. The van der Waals surface area contributed by atoms with Crippen LogP contribution in [0, 0.1) is 6.92 Å². The highest BCUT2D eigenvalue weighted by atomic mass is 33.1. The Morgan fingerprint density at radius 3 is 2.50 bits per heavy atom. The number of rotatable bonds is 3. The normalized spacial score (nSPS) is 11.6. The van der Waals surface area contributed by atoms with Crippen LogP contribution in [0.25, 0.3) is 0 Å². The average molecular weight is 255 g/mol. The van der Waals surface area contributed by atoms with Gasteiger partial charge in [0, 0.05) is 10.8 Å². The van der Waals surface area contributed by atoms with E-state index in [1.807, 2.05) is 6.92 Å². The van der Waals surface area contributed by atoms with Crippen LogP contribution in [-0.4, -0.2) is 23.6 Å². The highest BCUT2D eigenvalue weighted by Crippen LogP contribution is 2.27. The number of aryl methyl sites for hydroxylation is 1. The van der Waals surface area contributed by atoms with Crippen molar-refractivity contribution in [2.75, 3.05) is 0 Å². The third-order valence-corrected chi connectivity index (χ3v) is 5.02. The molecule has 7 heteroatoms. The van der Waals surface area contributed by atoms with Crippen LogP contribution < -0.4 is 0 Å². The van der Waals surface area contributed by atoms with Crippen LogP contribution in [0.5, 0.6) is 0 Å². The lowest BCUT2D eigenvalue weighted by atomic mass is 10.2. The number of aromatic amines is 1. The summed E-state index contributed by atoms with van der Waals surface area (Å²) in [6.45, 7) is 1.90. The molecule has 16 heavy (non-hydrogen) atoms. The van der Waals surface area contributed by atoms with E-state index in [4.69, 9.17) is 0 Å². The molecule has 1 heterocycles. The molecular formula is C9H9N3O2S2. The van der Waals surface area contributed by atoms with Gasteiger partial charge in [-0.2, -0.15) is 5.10 Å². The lowest BCUT2D eigenvalue weighted by Crippen LogP contribution is -1.95. The fourth-order valence-corrected chi connectivity index (χ4v) is 3.53. The van der Waals surface area contributed by atoms with E-state index in [-0.39, 0.29) is 10.1 Å². The molecule has 84 valence electrons. The zero-order valence-corrected chi connectivity index (χ0v) is 10.0. The van der Waals surface area contributed by atoms with Gasteiger partial charge < -0.3 is 0 Å². The van der Waals surface area contributed by atoms with E-state index in [2.05, 4.69) is 15.2 Å². The highest BCUT2D eigenvalue weighted by Gasteiger charge is 2.17. The maximum atomic E-state index is 11.9. The zero-order valence-electron chi connectivity index (χ0n) is 8.41. The monoisotopic (exact) mass is 255 g/mol. The Hall–Kier alpha value is -1.34. The van der Waals surface area contributed by atoms with Gasteiger partial charge in [-0.05, 0) is 19.1 Å². The first kappa shape index (κ1) is 11.2. The van der Waals surface area contributed by atoms with E-state index in [0.717, 1.165) is 5.56 Å². The van der Waals surface area contributed by atoms with E-state index in [1.165, 1.54) is 6.33 Å². The molecule has 2 rings (SSSR count). The summed E-state index contributed by atoms with van der Waals surface area (Å²) in [5, 5.41) is 6.35. The van der Waals surface area contributed by atoms with Crippen LogP contribution in [0.3, 0.4) is 0 Å². The van der Waals surface area contributed by atoms with Crippen molar-refractivity contribution in [3.05, 3.63) is 36.2 Å². The predicted octanol–water partition coefficient (Wildman–Crippen LogP) is 1.59. The molecule has 0 atom stereocenters. The van der Waals surface area contributed by atoms with Gasteiger partial charge >= 0.3 is 0 Å². The lowest BCUT2D eigenvalue weighted by molar-refractivity contribution is 0.610. The fourth-order valence-electron chi connectivity index (χ4n) is 1.09. The fraction of sp³-hybridized carbons (Fsp3) is 0.111.